The molecule has 28 heavy (non-hydrogen) atoms. The Bertz CT molecular complexity index is 1060. The zero-order valence-corrected chi connectivity index (χ0v) is 15.2. The van der Waals surface area contributed by atoms with Crippen molar-refractivity contribution < 1.29 is 27.2 Å². The van der Waals surface area contributed by atoms with Crippen LogP contribution in [-0.2, 0) is 6.18 Å². The number of carbonyl (C=O) groups excluding carboxylic acids is 2. The van der Waals surface area contributed by atoms with Gasteiger partial charge >= 0.3 is 6.18 Å². The third-order valence-corrected chi connectivity index (χ3v) is 4.24. The number of anilines is 1. The Morgan fingerprint density at radius 1 is 1.04 bits per heavy atom. The smallest absolute Gasteiger partial charge is 0.417 e. The molecule has 0 radical (unpaired) electrons. The molecule has 0 aliphatic rings. The lowest BCUT2D eigenvalue weighted by molar-refractivity contribution is -0.137. The first-order chi connectivity index (χ1) is 13.1. The van der Waals surface area contributed by atoms with Crippen molar-refractivity contribution in [1.29, 1.82) is 0 Å². The van der Waals surface area contributed by atoms with Gasteiger partial charge in [0.25, 0.3) is 5.91 Å². The van der Waals surface area contributed by atoms with Crippen LogP contribution in [0.2, 0.25) is 5.02 Å². The van der Waals surface area contributed by atoms with Gasteiger partial charge in [0.2, 0.25) is 0 Å². The number of nitrogens with one attached hydrogen (secondary N) is 1. The quantitative estimate of drug-likeness (QED) is 0.534. The monoisotopic (exact) mass is 407 g/mol. The average molecular weight is 408 g/mol. The topological polar surface area (TPSA) is 59.3 Å². The van der Waals surface area contributed by atoms with Gasteiger partial charge < -0.3 is 9.73 Å². The van der Waals surface area contributed by atoms with Crippen molar-refractivity contribution in [2.24, 2.45) is 0 Å². The molecular weight excluding hydrogens is 395 g/mol. The molecule has 4 nitrogen and oxygen atoms in total. The Morgan fingerprint density at radius 3 is 2.46 bits per heavy atom. The van der Waals surface area contributed by atoms with E-state index in [1.165, 1.54) is 31.2 Å². The second-order valence-corrected chi connectivity index (χ2v) is 6.35. The summed E-state index contributed by atoms with van der Waals surface area (Å²) in [6.45, 7) is 1.40. The summed E-state index contributed by atoms with van der Waals surface area (Å²) < 4.78 is 44.4. The molecule has 8 heteroatoms. The van der Waals surface area contributed by atoms with Gasteiger partial charge in [-0.25, -0.2) is 0 Å². The third kappa shape index (κ3) is 4.26. The van der Waals surface area contributed by atoms with Crippen molar-refractivity contribution in [2.45, 2.75) is 13.1 Å². The molecule has 0 saturated carbocycles. The Kier molecular flexibility index (Phi) is 5.29. The molecule has 1 heterocycles. The number of ketones is 1. The van der Waals surface area contributed by atoms with Crippen LogP contribution in [0.5, 0.6) is 0 Å². The molecule has 1 N–H and O–H groups in total. The summed E-state index contributed by atoms with van der Waals surface area (Å²) in [5.74, 6) is -0.756. The Morgan fingerprint density at radius 2 is 1.79 bits per heavy atom. The van der Waals surface area contributed by atoms with Gasteiger partial charge in [-0.1, -0.05) is 23.7 Å². The van der Waals surface area contributed by atoms with Gasteiger partial charge in [-0.2, -0.15) is 13.2 Å². The summed E-state index contributed by atoms with van der Waals surface area (Å²) >= 11 is 5.61. The molecule has 0 atom stereocenters. The standard InChI is InChI=1S/C20H13ClF3NO3/c1-11(26)12-3-2-4-14(9-12)25-19(27)18-8-7-17(28-18)13-5-6-16(21)15(10-13)20(22,23)24/h2-10H,1H3,(H,25,27). The van der Waals surface area contributed by atoms with Crippen LogP contribution in [-0.4, -0.2) is 11.7 Å². The van der Waals surface area contributed by atoms with Crippen LogP contribution >= 0.6 is 11.6 Å². The van der Waals surface area contributed by atoms with Crippen molar-refractivity contribution in [1.82, 2.24) is 0 Å². The van der Waals surface area contributed by atoms with E-state index in [-0.39, 0.29) is 22.9 Å². The fourth-order valence-corrected chi connectivity index (χ4v) is 2.74. The normalized spacial score (nSPS) is 11.3. The van der Waals surface area contributed by atoms with Crippen LogP contribution < -0.4 is 5.32 Å². The van der Waals surface area contributed by atoms with Crippen LogP contribution in [0.1, 0.15) is 33.4 Å². The van der Waals surface area contributed by atoms with Gasteiger partial charge in [0.05, 0.1) is 10.6 Å². The maximum absolute atomic E-state index is 13.0. The van der Waals surface area contributed by atoms with Gasteiger partial charge in [0.15, 0.2) is 11.5 Å². The highest BCUT2D eigenvalue weighted by Gasteiger charge is 2.33. The number of hydrogen-bond donors (Lipinski definition) is 1. The van der Waals surface area contributed by atoms with Gasteiger partial charge in [-0.15, -0.1) is 0 Å². The number of furan rings is 1. The Hall–Kier alpha value is -3.06. The summed E-state index contributed by atoms with van der Waals surface area (Å²) in [4.78, 5) is 23.7. The average Bonchev–Trinajstić information content (AvgIpc) is 3.11. The fourth-order valence-electron chi connectivity index (χ4n) is 2.52. The molecule has 1 aromatic heterocycles. The first-order valence-corrected chi connectivity index (χ1v) is 8.42. The van der Waals surface area contributed by atoms with E-state index in [1.54, 1.807) is 18.2 Å². The number of amides is 1. The third-order valence-electron chi connectivity index (χ3n) is 3.91. The fraction of sp³-hybridized carbons (Fsp3) is 0.100. The minimum atomic E-state index is -4.61. The summed E-state index contributed by atoms with van der Waals surface area (Å²) in [7, 11) is 0. The second kappa shape index (κ2) is 7.52. The molecule has 3 rings (SSSR count). The van der Waals surface area contributed by atoms with Gasteiger partial charge in [0.1, 0.15) is 5.76 Å². The maximum Gasteiger partial charge on any atom is 0.417 e. The van der Waals surface area contributed by atoms with E-state index in [2.05, 4.69) is 5.32 Å². The SMILES string of the molecule is CC(=O)c1cccc(NC(=O)c2ccc(-c3ccc(Cl)c(C(F)(F)F)c3)o2)c1. The lowest BCUT2D eigenvalue weighted by atomic mass is 10.1. The molecule has 144 valence electrons. The summed E-state index contributed by atoms with van der Waals surface area (Å²) in [6.07, 6.45) is -4.61. The Balaban J connectivity index is 1.83. The molecule has 0 fully saturated rings. The second-order valence-electron chi connectivity index (χ2n) is 5.95. The molecule has 0 bridgehead atoms. The zero-order valence-electron chi connectivity index (χ0n) is 14.4. The van der Waals surface area contributed by atoms with Gasteiger partial charge in [0, 0.05) is 16.8 Å². The number of Topliss-reactive ketones (excluding diaryl/α,β-unsaturated/α-hetero) is 1. The largest absolute Gasteiger partial charge is 0.451 e. The predicted octanol–water partition coefficient (Wildman–Crippen LogP) is 6.07. The van der Waals surface area contributed by atoms with E-state index < -0.39 is 22.7 Å². The van der Waals surface area contributed by atoms with E-state index in [1.807, 2.05) is 0 Å². The summed E-state index contributed by atoms with van der Waals surface area (Å²) in [5.41, 5.74) is -0.0373. The van der Waals surface area contributed by atoms with Crippen LogP contribution in [0.25, 0.3) is 11.3 Å². The van der Waals surface area contributed by atoms with E-state index in [4.69, 9.17) is 16.0 Å². The van der Waals surface area contributed by atoms with Crippen molar-refractivity contribution in [3.8, 4) is 11.3 Å². The van der Waals surface area contributed by atoms with E-state index >= 15 is 0 Å². The van der Waals surface area contributed by atoms with Crippen molar-refractivity contribution in [2.75, 3.05) is 5.32 Å². The number of hydrogen-bond acceptors (Lipinski definition) is 3. The maximum atomic E-state index is 13.0. The van der Waals surface area contributed by atoms with Crippen LogP contribution in [0.4, 0.5) is 18.9 Å². The summed E-state index contributed by atoms with van der Waals surface area (Å²) in [5, 5.41) is 2.15. The number of halogens is 4. The Labute approximate surface area is 162 Å². The highest BCUT2D eigenvalue weighted by Crippen LogP contribution is 2.37. The summed E-state index contributed by atoms with van der Waals surface area (Å²) in [6, 6.07) is 12.4. The molecule has 2 aromatic carbocycles. The van der Waals surface area contributed by atoms with Crippen molar-refractivity contribution in [3.63, 3.8) is 0 Å². The van der Waals surface area contributed by atoms with Crippen LogP contribution in [0.15, 0.2) is 59.0 Å². The molecule has 0 aliphatic heterocycles. The van der Waals surface area contributed by atoms with Gasteiger partial charge in [-0.05, 0) is 49.4 Å². The highest BCUT2D eigenvalue weighted by molar-refractivity contribution is 6.31. The van der Waals surface area contributed by atoms with E-state index in [0.29, 0.717) is 11.3 Å². The molecule has 0 aliphatic carbocycles. The van der Waals surface area contributed by atoms with Gasteiger partial charge in [-0.3, -0.25) is 9.59 Å². The number of alkyl halides is 3. The molecular formula is C20H13ClF3NO3. The minimum absolute atomic E-state index is 0.0878. The molecule has 3 aromatic rings. The molecule has 0 unspecified atom stereocenters. The molecule has 1 amide bonds. The van der Waals surface area contributed by atoms with Crippen LogP contribution in [0, 0.1) is 0 Å². The molecule has 0 spiro atoms. The predicted molar refractivity (Wildman–Crippen MR) is 98.6 cm³/mol. The number of rotatable bonds is 4. The van der Waals surface area contributed by atoms with Crippen molar-refractivity contribution >= 4 is 29.0 Å². The number of benzene rings is 2. The van der Waals surface area contributed by atoms with E-state index in [9.17, 15) is 22.8 Å². The first-order valence-electron chi connectivity index (χ1n) is 8.04. The number of carbonyl (C=O) groups is 2. The highest BCUT2D eigenvalue weighted by atomic mass is 35.5. The zero-order chi connectivity index (χ0) is 20.5. The molecule has 0 saturated heterocycles. The first kappa shape index (κ1) is 19.7. The van der Waals surface area contributed by atoms with Crippen LogP contribution in [0.3, 0.4) is 0 Å². The lowest BCUT2D eigenvalue weighted by Gasteiger charge is -2.10. The van der Waals surface area contributed by atoms with Crippen molar-refractivity contribution in [3.05, 3.63) is 76.5 Å². The lowest BCUT2D eigenvalue weighted by Crippen LogP contribution is -2.11. The minimum Gasteiger partial charge on any atom is -0.451 e. The van der Waals surface area contributed by atoms with E-state index in [0.717, 1.165) is 12.1 Å².